The number of halogens is 1. The molecule has 0 spiro atoms. The second-order valence-electron chi connectivity index (χ2n) is 8.47. The summed E-state index contributed by atoms with van der Waals surface area (Å²) in [5.74, 6) is 1.65. The summed E-state index contributed by atoms with van der Waals surface area (Å²) < 4.78 is 15.7. The van der Waals surface area contributed by atoms with E-state index in [0.29, 0.717) is 12.0 Å². The molecule has 1 atom stereocenters. The lowest BCUT2D eigenvalue weighted by molar-refractivity contribution is 0.188. The molecule has 152 valence electrons. The number of para-hydroxylation sites is 2. The van der Waals surface area contributed by atoms with E-state index in [1.54, 1.807) is 12.1 Å². The number of rotatable bonds is 5. The minimum absolute atomic E-state index is 0.157. The van der Waals surface area contributed by atoms with Gasteiger partial charge in [-0.25, -0.2) is 9.37 Å². The van der Waals surface area contributed by atoms with E-state index in [0.717, 1.165) is 57.5 Å². The second-order valence-corrected chi connectivity index (χ2v) is 8.47. The summed E-state index contributed by atoms with van der Waals surface area (Å²) in [7, 11) is 0. The summed E-state index contributed by atoms with van der Waals surface area (Å²) in [5, 5.41) is 3.50. The number of imidazole rings is 1. The van der Waals surface area contributed by atoms with Gasteiger partial charge in [-0.2, -0.15) is 0 Å². The van der Waals surface area contributed by atoms with Gasteiger partial charge in [0.2, 0.25) is 0 Å². The van der Waals surface area contributed by atoms with E-state index in [1.807, 2.05) is 12.1 Å². The maximum atomic E-state index is 13.1. The Bertz CT molecular complexity index is 951. The molecule has 1 N–H and O–H groups in total. The third kappa shape index (κ3) is 3.94. The predicted octanol–water partition coefficient (Wildman–Crippen LogP) is 4.13. The van der Waals surface area contributed by atoms with Crippen molar-refractivity contribution in [1.82, 2.24) is 19.8 Å². The number of aromatic nitrogens is 2. The van der Waals surface area contributed by atoms with Crippen molar-refractivity contribution in [3.05, 3.63) is 65.7 Å². The zero-order chi connectivity index (χ0) is 19.6. The van der Waals surface area contributed by atoms with Gasteiger partial charge in [0, 0.05) is 38.1 Å². The van der Waals surface area contributed by atoms with Crippen LogP contribution in [0.5, 0.6) is 0 Å². The Labute approximate surface area is 171 Å². The van der Waals surface area contributed by atoms with E-state index in [4.69, 9.17) is 4.98 Å². The number of piperidine rings is 1. The van der Waals surface area contributed by atoms with Gasteiger partial charge in [-0.1, -0.05) is 24.3 Å². The monoisotopic (exact) mass is 392 g/mol. The van der Waals surface area contributed by atoms with Gasteiger partial charge < -0.3 is 14.8 Å². The summed E-state index contributed by atoms with van der Waals surface area (Å²) in [6.45, 7) is 5.40. The van der Waals surface area contributed by atoms with Crippen LogP contribution in [0.25, 0.3) is 11.0 Å². The van der Waals surface area contributed by atoms with Crippen molar-refractivity contribution in [2.75, 3.05) is 32.7 Å². The quantitative estimate of drug-likeness (QED) is 0.709. The fourth-order valence-corrected chi connectivity index (χ4v) is 4.95. The van der Waals surface area contributed by atoms with Crippen molar-refractivity contribution >= 4 is 11.0 Å². The Morgan fingerprint density at radius 3 is 2.55 bits per heavy atom. The normalized spacial score (nSPS) is 21.2. The van der Waals surface area contributed by atoms with Gasteiger partial charge in [0.05, 0.1) is 11.0 Å². The fourth-order valence-electron chi connectivity index (χ4n) is 4.95. The first kappa shape index (κ1) is 18.8. The van der Waals surface area contributed by atoms with E-state index in [1.165, 1.54) is 23.3 Å². The van der Waals surface area contributed by atoms with E-state index in [2.05, 4.69) is 39.0 Å². The number of likely N-dealkylation sites (tertiary alicyclic amines) is 1. The van der Waals surface area contributed by atoms with Crippen molar-refractivity contribution in [1.29, 1.82) is 0 Å². The van der Waals surface area contributed by atoms with Gasteiger partial charge >= 0.3 is 0 Å². The van der Waals surface area contributed by atoms with Crippen LogP contribution in [0, 0.1) is 5.82 Å². The topological polar surface area (TPSA) is 33.1 Å². The van der Waals surface area contributed by atoms with Gasteiger partial charge in [-0.05, 0) is 62.1 Å². The average molecular weight is 393 g/mol. The SMILES string of the molecule is Fc1ccc(CCN2CCC(n3c([C@@H]4CCNC4)nc4ccccc43)CC2)cc1. The molecule has 0 amide bonds. The first-order valence-electron chi connectivity index (χ1n) is 10.9. The van der Waals surface area contributed by atoms with Crippen LogP contribution in [-0.2, 0) is 6.42 Å². The molecule has 2 aliphatic heterocycles. The van der Waals surface area contributed by atoms with Crippen LogP contribution in [0.1, 0.15) is 42.6 Å². The molecule has 0 radical (unpaired) electrons. The molecule has 5 rings (SSSR count). The van der Waals surface area contributed by atoms with Crippen LogP contribution in [-0.4, -0.2) is 47.2 Å². The van der Waals surface area contributed by atoms with Crippen molar-refractivity contribution in [3.8, 4) is 0 Å². The molecule has 2 aromatic carbocycles. The molecule has 0 unspecified atom stereocenters. The lowest BCUT2D eigenvalue weighted by Crippen LogP contribution is -2.36. The molecule has 0 bridgehead atoms. The first-order valence-corrected chi connectivity index (χ1v) is 10.9. The van der Waals surface area contributed by atoms with Crippen LogP contribution < -0.4 is 5.32 Å². The predicted molar refractivity (Wildman–Crippen MR) is 115 cm³/mol. The Balaban J connectivity index is 1.28. The van der Waals surface area contributed by atoms with Crippen molar-refractivity contribution in [2.24, 2.45) is 0 Å². The molecule has 2 aliphatic rings. The molecule has 4 nitrogen and oxygen atoms in total. The van der Waals surface area contributed by atoms with Crippen molar-refractivity contribution < 1.29 is 4.39 Å². The number of nitrogens with one attached hydrogen (secondary N) is 1. The fraction of sp³-hybridized carbons (Fsp3) is 0.458. The van der Waals surface area contributed by atoms with Crippen LogP contribution in [0.15, 0.2) is 48.5 Å². The molecule has 1 aromatic heterocycles. The van der Waals surface area contributed by atoms with Gasteiger partial charge in [0.1, 0.15) is 11.6 Å². The van der Waals surface area contributed by atoms with E-state index >= 15 is 0 Å². The third-order valence-corrected chi connectivity index (χ3v) is 6.60. The number of fused-ring (bicyclic) bond motifs is 1. The van der Waals surface area contributed by atoms with Gasteiger partial charge in [-0.15, -0.1) is 0 Å². The highest BCUT2D eigenvalue weighted by Gasteiger charge is 2.29. The van der Waals surface area contributed by atoms with Gasteiger partial charge in [0.25, 0.3) is 0 Å². The minimum Gasteiger partial charge on any atom is -0.324 e. The maximum Gasteiger partial charge on any atom is 0.123 e. The Morgan fingerprint density at radius 1 is 1.00 bits per heavy atom. The standard InChI is InChI=1S/C24H29FN4/c25-20-7-5-18(6-8-20)10-14-28-15-11-21(12-16-28)29-23-4-2-1-3-22(23)27-24(29)19-9-13-26-17-19/h1-8,19,21,26H,9-17H2/t19-/m1/s1. The van der Waals surface area contributed by atoms with Gasteiger partial charge in [0.15, 0.2) is 0 Å². The number of benzene rings is 2. The second kappa shape index (κ2) is 8.25. The highest BCUT2D eigenvalue weighted by Crippen LogP contribution is 2.33. The largest absolute Gasteiger partial charge is 0.324 e. The lowest BCUT2D eigenvalue weighted by Gasteiger charge is -2.34. The molecule has 2 fully saturated rings. The Hall–Kier alpha value is -2.24. The van der Waals surface area contributed by atoms with Crippen LogP contribution >= 0.6 is 0 Å². The Kier molecular flexibility index (Phi) is 5.34. The summed E-state index contributed by atoms with van der Waals surface area (Å²) >= 11 is 0. The average Bonchev–Trinajstić information content (AvgIpc) is 3.41. The molecule has 0 saturated carbocycles. The van der Waals surface area contributed by atoms with Crippen LogP contribution in [0.4, 0.5) is 4.39 Å². The molecule has 5 heteroatoms. The van der Waals surface area contributed by atoms with E-state index < -0.39 is 0 Å². The summed E-state index contributed by atoms with van der Waals surface area (Å²) in [5.41, 5.74) is 3.64. The maximum absolute atomic E-state index is 13.1. The molecular formula is C24H29FN4. The van der Waals surface area contributed by atoms with E-state index in [-0.39, 0.29) is 5.82 Å². The molecule has 29 heavy (non-hydrogen) atoms. The molecular weight excluding hydrogens is 363 g/mol. The smallest absolute Gasteiger partial charge is 0.123 e. The first-order chi connectivity index (χ1) is 14.3. The zero-order valence-corrected chi connectivity index (χ0v) is 16.9. The minimum atomic E-state index is -0.157. The highest BCUT2D eigenvalue weighted by molar-refractivity contribution is 5.76. The molecule has 3 heterocycles. The molecule has 3 aromatic rings. The van der Waals surface area contributed by atoms with Gasteiger partial charge in [-0.3, -0.25) is 0 Å². The highest BCUT2D eigenvalue weighted by atomic mass is 19.1. The van der Waals surface area contributed by atoms with Crippen LogP contribution in [0.2, 0.25) is 0 Å². The molecule has 0 aliphatic carbocycles. The zero-order valence-electron chi connectivity index (χ0n) is 16.9. The van der Waals surface area contributed by atoms with E-state index in [9.17, 15) is 4.39 Å². The number of hydrogen-bond donors (Lipinski definition) is 1. The Morgan fingerprint density at radius 2 is 1.79 bits per heavy atom. The summed E-state index contributed by atoms with van der Waals surface area (Å²) in [6.07, 6.45) is 4.49. The lowest BCUT2D eigenvalue weighted by atomic mass is 10.0. The van der Waals surface area contributed by atoms with Crippen LogP contribution in [0.3, 0.4) is 0 Å². The molecule has 2 saturated heterocycles. The van der Waals surface area contributed by atoms with Crippen molar-refractivity contribution in [2.45, 2.75) is 37.6 Å². The third-order valence-electron chi connectivity index (χ3n) is 6.60. The number of hydrogen-bond acceptors (Lipinski definition) is 3. The summed E-state index contributed by atoms with van der Waals surface area (Å²) in [6, 6.07) is 16.1. The number of nitrogens with zero attached hydrogens (tertiary/aromatic N) is 3. The summed E-state index contributed by atoms with van der Waals surface area (Å²) in [4.78, 5) is 7.60. The van der Waals surface area contributed by atoms with Crippen molar-refractivity contribution in [3.63, 3.8) is 0 Å².